The lowest BCUT2D eigenvalue weighted by Gasteiger charge is -2.09. The highest BCUT2D eigenvalue weighted by molar-refractivity contribution is 9.10. The summed E-state index contributed by atoms with van der Waals surface area (Å²) >= 11 is 3.35. The molecule has 0 aromatic heterocycles. The van der Waals surface area contributed by atoms with Gasteiger partial charge in [0.2, 0.25) is 5.91 Å². The van der Waals surface area contributed by atoms with Crippen LogP contribution in [-0.2, 0) is 11.2 Å². The number of nitro groups is 1. The van der Waals surface area contributed by atoms with Crippen LogP contribution in [0.15, 0.2) is 46.9 Å². The molecular formula is C15H13BrN2O3. The summed E-state index contributed by atoms with van der Waals surface area (Å²) in [5, 5.41) is 13.5. The quantitative estimate of drug-likeness (QED) is 0.673. The minimum atomic E-state index is -0.472. The van der Waals surface area contributed by atoms with Crippen molar-refractivity contribution in [3.05, 3.63) is 68.2 Å². The number of nitrogens with zero attached hydrogens (tertiary/aromatic N) is 1. The van der Waals surface area contributed by atoms with E-state index in [1.807, 2.05) is 25.1 Å². The van der Waals surface area contributed by atoms with Crippen LogP contribution in [0.2, 0.25) is 0 Å². The van der Waals surface area contributed by atoms with Gasteiger partial charge in [-0.2, -0.15) is 0 Å². The van der Waals surface area contributed by atoms with Crippen LogP contribution in [0.25, 0.3) is 0 Å². The van der Waals surface area contributed by atoms with Gasteiger partial charge in [0.1, 0.15) is 0 Å². The Kier molecular flexibility index (Phi) is 4.70. The van der Waals surface area contributed by atoms with Gasteiger partial charge in [-0.25, -0.2) is 0 Å². The molecule has 2 rings (SSSR count). The zero-order valence-corrected chi connectivity index (χ0v) is 12.9. The van der Waals surface area contributed by atoms with Gasteiger partial charge in [-0.3, -0.25) is 14.9 Å². The molecule has 0 spiro atoms. The van der Waals surface area contributed by atoms with Crippen LogP contribution in [0.5, 0.6) is 0 Å². The lowest BCUT2D eigenvalue weighted by atomic mass is 10.1. The van der Waals surface area contributed by atoms with E-state index in [0.29, 0.717) is 5.56 Å². The predicted octanol–water partition coefficient (Wildman–Crippen LogP) is 3.85. The average Bonchev–Trinajstić information content (AvgIpc) is 2.43. The van der Waals surface area contributed by atoms with Crippen LogP contribution in [0.4, 0.5) is 11.4 Å². The number of hydrogen-bond donors (Lipinski definition) is 1. The number of amides is 1. The third-order valence-corrected chi connectivity index (χ3v) is 3.45. The van der Waals surface area contributed by atoms with Gasteiger partial charge in [-0.05, 0) is 30.2 Å². The number of nitrogens with one attached hydrogen (secondary N) is 1. The summed E-state index contributed by atoms with van der Waals surface area (Å²) in [5.41, 5.74) is 2.26. The van der Waals surface area contributed by atoms with Gasteiger partial charge in [0.25, 0.3) is 5.69 Å². The number of hydrogen-bond acceptors (Lipinski definition) is 3. The molecule has 1 amide bonds. The van der Waals surface area contributed by atoms with Crippen molar-refractivity contribution in [2.45, 2.75) is 13.3 Å². The minimum absolute atomic E-state index is 0.0149. The molecule has 6 heteroatoms. The maximum absolute atomic E-state index is 12.0. The minimum Gasteiger partial charge on any atom is -0.326 e. The van der Waals surface area contributed by atoms with Crippen LogP contribution >= 0.6 is 15.9 Å². The SMILES string of the molecule is Cc1ccc(Br)cc1NC(=O)Cc1cccc([N+](=O)[O-])c1. The monoisotopic (exact) mass is 348 g/mol. The first-order chi connectivity index (χ1) is 9.95. The first-order valence-electron chi connectivity index (χ1n) is 6.25. The maximum Gasteiger partial charge on any atom is 0.269 e. The molecule has 1 N–H and O–H groups in total. The van der Waals surface area contributed by atoms with E-state index in [2.05, 4.69) is 21.2 Å². The van der Waals surface area contributed by atoms with Crippen LogP contribution in [0, 0.1) is 17.0 Å². The second kappa shape index (κ2) is 6.49. The van der Waals surface area contributed by atoms with Crippen molar-refractivity contribution in [1.29, 1.82) is 0 Å². The molecule has 0 aliphatic heterocycles. The Balaban J connectivity index is 2.10. The van der Waals surface area contributed by atoms with Crippen molar-refractivity contribution in [2.24, 2.45) is 0 Å². The number of carbonyl (C=O) groups is 1. The van der Waals surface area contributed by atoms with Crippen molar-refractivity contribution in [1.82, 2.24) is 0 Å². The Morgan fingerprint density at radius 3 is 2.76 bits per heavy atom. The van der Waals surface area contributed by atoms with E-state index >= 15 is 0 Å². The molecule has 21 heavy (non-hydrogen) atoms. The smallest absolute Gasteiger partial charge is 0.269 e. The molecule has 0 bridgehead atoms. The summed E-state index contributed by atoms with van der Waals surface area (Å²) in [6.07, 6.45) is 0.0909. The Hall–Kier alpha value is -2.21. The molecule has 108 valence electrons. The highest BCUT2D eigenvalue weighted by Gasteiger charge is 2.10. The summed E-state index contributed by atoms with van der Waals surface area (Å²) in [4.78, 5) is 22.3. The largest absolute Gasteiger partial charge is 0.326 e. The fraction of sp³-hybridized carbons (Fsp3) is 0.133. The van der Waals surface area contributed by atoms with Crippen LogP contribution < -0.4 is 5.32 Å². The van der Waals surface area contributed by atoms with Crippen molar-refractivity contribution >= 4 is 33.2 Å². The number of nitro benzene ring substituents is 1. The van der Waals surface area contributed by atoms with Crippen molar-refractivity contribution < 1.29 is 9.72 Å². The number of aryl methyl sites for hydroxylation is 1. The van der Waals surface area contributed by atoms with E-state index in [-0.39, 0.29) is 18.0 Å². The van der Waals surface area contributed by atoms with Crippen LogP contribution in [-0.4, -0.2) is 10.8 Å². The summed E-state index contributed by atoms with van der Waals surface area (Å²) in [6.45, 7) is 1.90. The zero-order chi connectivity index (χ0) is 15.4. The second-order valence-corrected chi connectivity index (χ2v) is 5.53. The van der Waals surface area contributed by atoms with E-state index < -0.39 is 4.92 Å². The molecule has 0 unspecified atom stereocenters. The normalized spacial score (nSPS) is 10.2. The Bertz CT molecular complexity index is 701. The molecule has 0 fully saturated rings. The average molecular weight is 349 g/mol. The van der Waals surface area contributed by atoms with E-state index in [9.17, 15) is 14.9 Å². The van der Waals surface area contributed by atoms with Crippen molar-refractivity contribution in [3.8, 4) is 0 Å². The van der Waals surface area contributed by atoms with Crippen molar-refractivity contribution in [3.63, 3.8) is 0 Å². The second-order valence-electron chi connectivity index (χ2n) is 4.61. The van der Waals surface area contributed by atoms with E-state index in [4.69, 9.17) is 0 Å². The lowest BCUT2D eigenvalue weighted by molar-refractivity contribution is -0.384. The number of non-ortho nitro benzene ring substituents is 1. The lowest BCUT2D eigenvalue weighted by Crippen LogP contribution is -2.15. The Labute approximate surface area is 130 Å². The number of rotatable bonds is 4. The standard InChI is InChI=1S/C15H13BrN2O3/c1-10-5-6-12(16)9-14(10)17-15(19)8-11-3-2-4-13(7-11)18(20)21/h2-7,9H,8H2,1H3,(H,17,19). The van der Waals surface area contributed by atoms with Gasteiger partial charge >= 0.3 is 0 Å². The fourth-order valence-electron chi connectivity index (χ4n) is 1.89. The maximum atomic E-state index is 12.0. The van der Waals surface area contributed by atoms with Gasteiger partial charge < -0.3 is 5.32 Å². The summed E-state index contributed by atoms with van der Waals surface area (Å²) in [6, 6.07) is 11.7. The molecule has 0 aliphatic rings. The van der Waals surface area contributed by atoms with Crippen molar-refractivity contribution in [2.75, 3.05) is 5.32 Å². The molecule has 0 atom stereocenters. The molecule has 0 heterocycles. The summed E-state index contributed by atoms with van der Waals surface area (Å²) in [7, 11) is 0. The van der Waals surface area contributed by atoms with E-state index in [1.54, 1.807) is 12.1 Å². The highest BCUT2D eigenvalue weighted by atomic mass is 79.9. The topological polar surface area (TPSA) is 72.2 Å². The number of benzene rings is 2. The number of halogens is 1. The highest BCUT2D eigenvalue weighted by Crippen LogP contribution is 2.21. The van der Waals surface area contributed by atoms with Crippen LogP contribution in [0.3, 0.4) is 0 Å². The van der Waals surface area contributed by atoms with Gasteiger partial charge in [-0.15, -0.1) is 0 Å². The molecule has 0 radical (unpaired) electrons. The molecule has 0 saturated carbocycles. The predicted molar refractivity (Wildman–Crippen MR) is 84.3 cm³/mol. The Morgan fingerprint density at radius 1 is 1.29 bits per heavy atom. The van der Waals surface area contributed by atoms with Gasteiger partial charge in [-0.1, -0.05) is 34.1 Å². The third-order valence-electron chi connectivity index (χ3n) is 2.96. The summed E-state index contributed by atoms with van der Waals surface area (Å²) in [5.74, 6) is -0.211. The Morgan fingerprint density at radius 2 is 2.05 bits per heavy atom. The molecular weight excluding hydrogens is 336 g/mol. The third kappa shape index (κ3) is 4.13. The summed E-state index contributed by atoms with van der Waals surface area (Å²) < 4.78 is 0.874. The number of anilines is 1. The zero-order valence-electron chi connectivity index (χ0n) is 11.3. The molecule has 2 aromatic carbocycles. The van der Waals surface area contributed by atoms with Gasteiger partial charge in [0.15, 0.2) is 0 Å². The van der Waals surface area contributed by atoms with Gasteiger partial charge in [0.05, 0.1) is 11.3 Å². The van der Waals surface area contributed by atoms with E-state index in [0.717, 1.165) is 15.7 Å². The molecule has 2 aromatic rings. The molecule has 0 saturated heterocycles. The first kappa shape index (κ1) is 15.2. The van der Waals surface area contributed by atoms with Gasteiger partial charge in [0, 0.05) is 22.3 Å². The first-order valence-corrected chi connectivity index (χ1v) is 7.04. The van der Waals surface area contributed by atoms with Crippen LogP contribution in [0.1, 0.15) is 11.1 Å². The molecule has 5 nitrogen and oxygen atoms in total. The number of carbonyl (C=O) groups excluding carboxylic acids is 1. The van der Waals surface area contributed by atoms with E-state index in [1.165, 1.54) is 12.1 Å². The molecule has 0 aliphatic carbocycles. The fourth-order valence-corrected chi connectivity index (χ4v) is 2.25.